The third kappa shape index (κ3) is 4.39. The number of aliphatic carboxylic acids is 1. The van der Waals surface area contributed by atoms with E-state index in [0.29, 0.717) is 10.8 Å². The van der Waals surface area contributed by atoms with Crippen molar-refractivity contribution in [2.24, 2.45) is 0 Å². The third-order valence-electron chi connectivity index (χ3n) is 2.31. The second-order valence-electron chi connectivity index (χ2n) is 3.85. The number of rotatable bonds is 7. The second-order valence-corrected chi connectivity index (χ2v) is 6.32. The van der Waals surface area contributed by atoms with Gasteiger partial charge in [-0.3, -0.25) is 9.52 Å². The molecular weight excluding hydrogens is 318 g/mol. The third-order valence-corrected chi connectivity index (χ3v) is 4.41. The summed E-state index contributed by atoms with van der Waals surface area (Å²) in [6.07, 6.45) is 1.19. The predicted molar refractivity (Wildman–Crippen MR) is 74.9 cm³/mol. The Morgan fingerprint density at radius 2 is 2.05 bits per heavy atom. The van der Waals surface area contributed by atoms with E-state index in [-0.39, 0.29) is 17.9 Å². The topological polar surface area (TPSA) is 118 Å². The molecule has 0 atom stereocenters. The minimum absolute atomic E-state index is 0.0201. The molecule has 10 heteroatoms. The smallest absolute Gasteiger partial charge is 0.306 e. The maximum atomic E-state index is 12.0. The summed E-state index contributed by atoms with van der Waals surface area (Å²) in [7, 11) is -3.70. The van der Waals surface area contributed by atoms with Crippen LogP contribution in [0.1, 0.15) is 6.42 Å². The van der Waals surface area contributed by atoms with Crippen molar-refractivity contribution in [1.82, 2.24) is 9.59 Å². The molecule has 0 radical (unpaired) electrons. The van der Waals surface area contributed by atoms with Crippen LogP contribution in [-0.4, -0.2) is 35.7 Å². The lowest BCUT2D eigenvalue weighted by Crippen LogP contribution is -2.12. The van der Waals surface area contributed by atoms with Crippen LogP contribution in [0.3, 0.4) is 0 Å². The van der Waals surface area contributed by atoms with E-state index < -0.39 is 16.0 Å². The van der Waals surface area contributed by atoms with Crippen LogP contribution in [0.4, 0.5) is 5.00 Å². The van der Waals surface area contributed by atoms with Gasteiger partial charge in [0.25, 0.3) is 10.0 Å². The Kier molecular flexibility index (Phi) is 4.70. The van der Waals surface area contributed by atoms with Gasteiger partial charge in [-0.25, -0.2) is 8.42 Å². The fourth-order valence-corrected chi connectivity index (χ4v) is 3.06. The predicted octanol–water partition coefficient (Wildman–Crippen LogP) is 1.19. The zero-order valence-electron chi connectivity index (χ0n) is 10.6. The Morgan fingerprint density at radius 1 is 1.33 bits per heavy atom. The molecule has 1 heterocycles. The van der Waals surface area contributed by atoms with Crippen LogP contribution in [0, 0.1) is 0 Å². The van der Waals surface area contributed by atoms with Gasteiger partial charge in [0.05, 0.1) is 24.1 Å². The van der Waals surface area contributed by atoms with E-state index >= 15 is 0 Å². The fraction of sp³-hybridized carbons (Fsp3) is 0.182. The molecule has 0 unspecified atom stereocenters. The Morgan fingerprint density at radius 3 is 2.62 bits per heavy atom. The summed E-state index contributed by atoms with van der Waals surface area (Å²) in [6, 6.07) is 5.66. The Bertz CT molecular complexity index is 698. The molecule has 0 bridgehead atoms. The number of aromatic nitrogens is 2. The van der Waals surface area contributed by atoms with Crippen molar-refractivity contribution >= 4 is 32.5 Å². The molecule has 8 nitrogen and oxygen atoms in total. The van der Waals surface area contributed by atoms with E-state index in [1.54, 1.807) is 0 Å². The molecule has 112 valence electrons. The largest absolute Gasteiger partial charge is 0.493 e. The molecule has 0 amide bonds. The van der Waals surface area contributed by atoms with E-state index in [4.69, 9.17) is 9.84 Å². The number of hydrogen-bond donors (Lipinski definition) is 2. The number of hydrogen-bond acceptors (Lipinski definition) is 7. The molecule has 1 aromatic heterocycles. The van der Waals surface area contributed by atoms with Crippen LogP contribution >= 0.6 is 11.5 Å². The van der Waals surface area contributed by atoms with E-state index in [1.807, 2.05) is 0 Å². The Balaban J connectivity index is 2.02. The van der Waals surface area contributed by atoms with Crippen LogP contribution in [-0.2, 0) is 14.8 Å². The van der Waals surface area contributed by atoms with Gasteiger partial charge in [0.2, 0.25) is 0 Å². The second kappa shape index (κ2) is 6.50. The molecule has 2 N–H and O–H groups in total. The molecule has 0 fully saturated rings. The van der Waals surface area contributed by atoms with Crippen LogP contribution in [0.5, 0.6) is 5.75 Å². The van der Waals surface area contributed by atoms with E-state index in [9.17, 15) is 13.2 Å². The molecule has 0 aliphatic carbocycles. The highest BCUT2D eigenvalue weighted by Crippen LogP contribution is 2.20. The van der Waals surface area contributed by atoms with Crippen molar-refractivity contribution in [2.45, 2.75) is 11.3 Å². The highest BCUT2D eigenvalue weighted by molar-refractivity contribution is 7.93. The molecule has 2 aromatic rings. The molecular formula is C11H11N3O5S2. The maximum Gasteiger partial charge on any atom is 0.306 e. The van der Waals surface area contributed by atoms with Crippen LogP contribution in [0.15, 0.2) is 35.4 Å². The van der Waals surface area contributed by atoms with Gasteiger partial charge in [-0.1, -0.05) is 4.49 Å². The monoisotopic (exact) mass is 329 g/mol. The molecule has 0 saturated carbocycles. The number of carbonyl (C=O) groups is 1. The molecule has 2 rings (SSSR count). The van der Waals surface area contributed by atoms with Crippen LogP contribution in [0.25, 0.3) is 0 Å². The van der Waals surface area contributed by atoms with Gasteiger partial charge in [-0.15, -0.1) is 5.10 Å². The average Bonchev–Trinajstić information content (AvgIpc) is 2.91. The first kappa shape index (κ1) is 15.2. The molecule has 0 aliphatic rings. The molecule has 1 aromatic carbocycles. The lowest BCUT2D eigenvalue weighted by atomic mass is 10.3. The number of carboxylic acid groups (broad SMARTS) is 1. The number of nitrogens with one attached hydrogen (secondary N) is 1. The zero-order chi connectivity index (χ0) is 15.3. The maximum absolute atomic E-state index is 12.0. The van der Waals surface area contributed by atoms with Crippen molar-refractivity contribution in [2.75, 3.05) is 11.3 Å². The summed E-state index contributed by atoms with van der Waals surface area (Å²) >= 11 is 0.930. The first-order valence-corrected chi connectivity index (χ1v) is 7.98. The minimum atomic E-state index is -3.70. The van der Waals surface area contributed by atoms with Crippen molar-refractivity contribution in [3.63, 3.8) is 0 Å². The van der Waals surface area contributed by atoms with Crippen LogP contribution < -0.4 is 9.46 Å². The average molecular weight is 329 g/mol. The summed E-state index contributed by atoms with van der Waals surface area (Å²) in [5, 5.41) is 12.3. The number of nitrogens with zero attached hydrogens (tertiary/aromatic N) is 2. The van der Waals surface area contributed by atoms with E-state index in [0.717, 1.165) is 11.5 Å². The van der Waals surface area contributed by atoms with Gasteiger partial charge in [0.1, 0.15) is 10.8 Å². The number of ether oxygens (including phenoxy) is 1. The number of sulfonamides is 1. The lowest BCUT2D eigenvalue weighted by molar-refractivity contribution is -0.137. The summed E-state index contributed by atoms with van der Waals surface area (Å²) in [5.41, 5.74) is 0. The molecule has 0 aliphatic heterocycles. The highest BCUT2D eigenvalue weighted by atomic mass is 32.2. The molecule has 21 heavy (non-hydrogen) atoms. The first-order chi connectivity index (χ1) is 9.97. The fourth-order valence-electron chi connectivity index (χ4n) is 1.37. The van der Waals surface area contributed by atoms with Crippen LogP contribution in [0.2, 0.25) is 0 Å². The quantitative estimate of drug-likeness (QED) is 0.783. The van der Waals surface area contributed by atoms with Gasteiger partial charge < -0.3 is 9.84 Å². The van der Waals surface area contributed by atoms with E-state index in [1.165, 1.54) is 30.5 Å². The Labute approximate surface area is 124 Å². The first-order valence-electron chi connectivity index (χ1n) is 5.72. The normalized spacial score (nSPS) is 11.0. The number of carboxylic acids is 1. The molecule has 0 spiro atoms. The van der Waals surface area contributed by atoms with Gasteiger partial charge in [0, 0.05) is 11.5 Å². The summed E-state index contributed by atoms with van der Waals surface area (Å²) < 4.78 is 35.1. The number of benzene rings is 1. The van der Waals surface area contributed by atoms with Crippen molar-refractivity contribution in [1.29, 1.82) is 0 Å². The summed E-state index contributed by atoms with van der Waals surface area (Å²) in [6.45, 7) is 0.0201. The lowest BCUT2D eigenvalue weighted by Gasteiger charge is -2.07. The van der Waals surface area contributed by atoms with Crippen molar-refractivity contribution in [3.8, 4) is 5.75 Å². The van der Waals surface area contributed by atoms with E-state index in [2.05, 4.69) is 14.3 Å². The summed E-state index contributed by atoms with van der Waals surface area (Å²) in [4.78, 5) is 10.4. The minimum Gasteiger partial charge on any atom is -0.493 e. The van der Waals surface area contributed by atoms with Crippen molar-refractivity contribution < 1.29 is 23.1 Å². The van der Waals surface area contributed by atoms with Gasteiger partial charge in [-0.2, -0.15) is 0 Å². The Hall–Kier alpha value is -2.20. The number of anilines is 1. The highest BCUT2D eigenvalue weighted by Gasteiger charge is 2.15. The van der Waals surface area contributed by atoms with Gasteiger partial charge in [0.15, 0.2) is 0 Å². The van der Waals surface area contributed by atoms with Gasteiger partial charge >= 0.3 is 5.97 Å². The van der Waals surface area contributed by atoms with Gasteiger partial charge in [-0.05, 0) is 24.3 Å². The standard InChI is InChI=1S/C11H11N3O5S2/c15-11(16)5-6-19-8-1-3-9(4-2-8)21(17,18)13-10-7-12-14-20-10/h1-4,7,13H,5-6H2,(H,15,16). The SMILES string of the molecule is O=C(O)CCOc1ccc(S(=O)(=O)Nc2cnns2)cc1. The zero-order valence-corrected chi connectivity index (χ0v) is 12.2. The molecule has 0 saturated heterocycles. The summed E-state index contributed by atoms with van der Waals surface area (Å²) in [5.74, 6) is -0.564. The van der Waals surface area contributed by atoms with Crippen molar-refractivity contribution in [3.05, 3.63) is 30.5 Å².